The average molecular weight is 336 g/mol. The van der Waals surface area contributed by atoms with Gasteiger partial charge in [0.05, 0.1) is 26.6 Å². The molecule has 23 heavy (non-hydrogen) atoms. The molecule has 0 N–H and O–H groups in total. The molecule has 0 radical (unpaired) electrons. The molecule has 0 aliphatic carbocycles. The van der Waals surface area contributed by atoms with Crippen molar-refractivity contribution in [3.05, 3.63) is 23.8 Å². The molecule has 0 saturated carbocycles. The largest absolute Gasteiger partial charge is 0.493 e. The van der Waals surface area contributed by atoms with Crippen LogP contribution in [0.3, 0.4) is 0 Å². The Balaban J connectivity index is 1.66. The maximum absolute atomic E-state index is 12.5. The molecular weight excluding hydrogens is 316 g/mol. The summed E-state index contributed by atoms with van der Waals surface area (Å²) >= 11 is 1.64. The quantitative estimate of drug-likeness (QED) is 0.803. The van der Waals surface area contributed by atoms with Crippen LogP contribution in [0.4, 0.5) is 0 Å². The van der Waals surface area contributed by atoms with E-state index in [1.54, 1.807) is 35.8 Å². The lowest BCUT2D eigenvalue weighted by atomic mass is 10.1. The van der Waals surface area contributed by atoms with Gasteiger partial charge in [0.1, 0.15) is 6.04 Å². The zero-order valence-electron chi connectivity index (χ0n) is 13.3. The summed E-state index contributed by atoms with van der Waals surface area (Å²) < 4.78 is 10.5. The van der Waals surface area contributed by atoms with Crippen LogP contribution in [0.15, 0.2) is 18.2 Å². The number of methoxy groups -OCH3 is 2. The van der Waals surface area contributed by atoms with Crippen LogP contribution >= 0.6 is 11.8 Å². The zero-order valence-corrected chi connectivity index (χ0v) is 14.1. The fraction of sp³-hybridized carbons (Fsp3) is 0.500. The normalized spacial score (nSPS) is 20.7. The van der Waals surface area contributed by atoms with Gasteiger partial charge in [-0.3, -0.25) is 9.59 Å². The number of ether oxygens (including phenoxy) is 2. The molecule has 3 rings (SSSR count). The van der Waals surface area contributed by atoms with Crippen LogP contribution in [0.5, 0.6) is 11.5 Å². The second-order valence-corrected chi connectivity index (χ2v) is 6.58. The lowest BCUT2D eigenvalue weighted by Gasteiger charge is -2.35. The lowest BCUT2D eigenvalue weighted by molar-refractivity contribution is -0.153. The molecule has 2 fully saturated rings. The maximum atomic E-state index is 12.5. The second-order valence-electron chi connectivity index (χ2n) is 5.58. The Labute approximate surface area is 139 Å². The van der Waals surface area contributed by atoms with E-state index in [0.717, 1.165) is 5.56 Å². The molecule has 124 valence electrons. The van der Waals surface area contributed by atoms with Crippen LogP contribution in [-0.2, 0) is 16.0 Å². The fourth-order valence-electron chi connectivity index (χ4n) is 2.93. The van der Waals surface area contributed by atoms with Gasteiger partial charge in [-0.1, -0.05) is 6.07 Å². The minimum absolute atomic E-state index is 0.0481. The van der Waals surface area contributed by atoms with Gasteiger partial charge in [-0.15, -0.1) is 11.8 Å². The average Bonchev–Trinajstić information content (AvgIpc) is 3.07. The summed E-state index contributed by atoms with van der Waals surface area (Å²) in [6.07, 6.45) is 0.680. The van der Waals surface area contributed by atoms with Gasteiger partial charge in [0, 0.05) is 12.3 Å². The molecule has 2 saturated heterocycles. The van der Waals surface area contributed by atoms with Gasteiger partial charge in [-0.05, 0) is 24.1 Å². The smallest absolute Gasteiger partial charge is 0.246 e. The van der Waals surface area contributed by atoms with E-state index in [2.05, 4.69) is 0 Å². The number of nitrogens with zero attached hydrogens (tertiary/aromatic N) is 2. The molecule has 6 nitrogen and oxygen atoms in total. The molecule has 0 aromatic heterocycles. The Morgan fingerprint density at radius 1 is 1.22 bits per heavy atom. The Kier molecular flexibility index (Phi) is 4.66. The molecule has 0 bridgehead atoms. The topological polar surface area (TPSA) is 59.1 Å². The first-order valence-corrected chi connectivity index (χ1v) is 8.66. The number of hydrogen-bond donors (Lipinski definition) is 0. The van der Waals surface area contributed by atoms with Crippen molar-refractivity contribution >= 4 is 23.6 Å². The number of thioether (sulfide) groups is 1. The first-order valence-electron chi connectivity index (χ1n) is 7.51. The highest BCUT2D eigenvalue weighted by atomic mass is 32.2. The van der Waals surface area contributed by atoms with Gasteiger partial charge in [0.2, 0.25) is 11.8 Å². The van der Waals surface area contributed by atoms with Gasteiger partial charge in [-0.25, -0.2) is 0 Å². The molecule has 2 aliphatic heterocycles. The van der Waals surface area contributed by atoms with Crippen molar-refractivity contribution in [2.24, 2.45) is 0 Å². The van der Waals surface area contributed by atoms with Gasteiger partial charge in [0.15, 0.2) is 11.5 Å². The number of piperazine rings is 1. The molecular formula is C16H20N2O4S. The molecule has 1 aromatic rings. The maximum Gasteiger partial charge on any atom is 0.246 e. The molecule has 7 heteroatoms. The summed E-state index contributed by atoms with van der Waals surface area (Å²) in [5.41, 5.74) is 1.05. The highest BCUT2D eigenvalue weighted by molar-refractivity contribution is 7.99. The van der Waals surface area contributed by atoms with E-state index in [1.807, 2.05) is 18.2 Å². The van der Waals surface area contributed by atoms with Crippen LogP contribution in [-0.4, -0.2) is 66.6 Å². The third-order valence-corrected chi connectivity index (χ3v) is 5.26. The first-order chi connectivity index (χ1) is 11.1. The number of rotatable bonds is 5. The Bertz CT molecular complexity index is 622. The lowest BCUT2D eigenvalue weighted by Crippen LogP contribution is -2.58. The molecule has 0 spiro atoms. The van der Waals surface area contributed by atoms with Crippen molar-refractivity contribution in [1.82, 2.24) is 9.80 Å². The number of amides is 2. The number of carbonyl (C=O) groups excluding carboxylic acids is 2. The summed E-state index contributed by atoms with van der Waals surface area (Å²) in [7, 11) is 3.20. The van der Waals surface area contributed by atoms with E-state index in [1.165, 1.54) is 0 Å². The summed E-state index contributed by atoms with van der Waals surface area (Å²) in [5, 5.41) is 0. The number of carbonyl (C=O) groups is 2. The third kappa shape index (κ3) is 3.10. The predicted molar refractivity (Wildman–Crippen MR) is 87.8 cm³/mol. The van der Waals surface area contributed by atoms with Gasteiger partial charge in [0.25, 0.3) is 0 Å². The SMILES string of the molecule is COc1ccc(CCN2CC(=O)N3CSC[C@H]3C2=O)cc1OC. The number of hydrogen-bond acceptors (Lipinski definition) is 5. The predicted octanol–water partition coefficient (Wildman–Crippen LogP) is 0.990. The summed E-state index contributed by atoms with van der Waals surface area (Å²) in [5.74, 6) is 2.81. The molecule has 1 atom stereocenters. The van der Waals surface area contributed by atoms with Crippen LogP contribution in [0.2, 0.25) is 0 Å². The molecule has 0 unspecified atom stereocenters. The van der Waals surface area contributed by atoms with E-state index in [4.69, 9.17) is 9.47 Å². The van der Waals surface area contributed by atoms with E-state index in [9.17, 15) is 9.59 Å². The van der Waals surface area contributed by atoms with E-state index in [0.29, 0.717) is 36.1 Å². The van der Waals surface area contributed by atoms with Crippen molar-refractivity contribution in [3.63, 3.8) is 0 Å². The van der Waals surface area contributed by atoms with E-state index in [-0.39, 0.29) is 24.4 Å². The van der Waals surface area contributed by atoms with Crippen LogP contribution < -0.4 is 9.47 Å². The van der Waals surface area contributed by atoms with Crippen molar-refractivity contribution in [3.8, 4) is 11.5 Å². The minimum atomic E-state index is -0.272. The van der Waals surface area contributed by atoms with Crippen molar-refractivity contribution in [2.75, 3.05) is 38.9 Å². The fourth-order valence-corrected chi connectivity index (χ4v) is 4.10. The van der Waals surface area contributed by atoms with Crippen molar-refractivity contribution < 1.29 is 19.1 Å². The Morgan fingerprint density at radius 3 is 2.74 bits per heavy atom. The van der Waals surface area contributed by atoms with Crippen LogP contribution in [0.1, 0.15) is 5.56 Å². The van der Waals surface area contributed by atoms with E-state index < -0.39 is 0 Å². The van der Waals surface area contributed by atoms with Crippen LogP contribution in [0.25, 0.3) is 0 Å². The highest BCUT2D eigenvalue weighted by Crippen LogP contribution is 2.29. The van der Waals surface area contributed by atoms with Crippen molar-refractivity contribution in [1.29, 1.82) is 0 Å². The standard InChI is InChI=1S/C16H20N2O4S/c1-21-13-4-3-11(7-14(13)22-2)5-6-17-8-15(19)18-10-23-9-12(18)16(17)20/h3-4,7,12H,5-6,8-10H2,1-2H3/t12-/m0/s1. The number of benzene rings is 1. The van der Waals surface area contributed by atoms with Gasteiger partial charge >= 0.3 is 0 Å². The summed E-state index contributed by atoms with van der Waals surface area (Å²) in [6, 6.07) is 5.45. The number of fused-ring (bicyclic) bond motifs is 1. The van der Waals surface area contributed by atoms with Gasteiger partial charge < -0.3 is 19.3 Å². The Hall–Kier alpha value is -1.89. The summed E-state index contributed by atoms with van der Waals surface area (Å²) in [6.45, 7) is 0.720. The summed E-state index contributed by atoms with van der Waals surface area (Å²) in [4.78, 5) is 27.9. The molecule has 2 aliphatic rings. The van der Waals surface area contributed by atoms with Gasteiger partial charge in [-0.2, -0.15) is 0 Å². The third-order valence-electron chi connectivity index (χ3n) is 4.24. The van der Waals surface area contributed by atoms with E-state index >= 15 is 0 Å². The monoisotopic (exact) mass is 336 g/mol. The zero-order chi connectivity index (χ0) is 16.4. The Morgan fingerprint density at radius 2 is 2.00 bits per heavy atom. The molecule has 2 heterocycles. The highest BCUT2D eigenvalue weighted by Gasteiger charge is 2.42. The van der Waals surface area contributed by atoms with Crippen molar-refractivity contribution in [2.45, 2.75) is 12.5 Å². The molecule has 1 aromatic carbocycles. The van der Waals surface area contributed by atoms with Crippen LogP contribution in [0, 0.1) is 0 Å². The first kappa shape index (κ1) is 16.0. The molecule has 2 amide bonds. The minimum Gasteiger partial charge on any atom is -0.493 e. The second kappa shape index (κ2) is 6.70.